The zero-order chi connectivity index (χ0) is 11.5. The average Bonchev–Trinajstić information content (AvgIpc) is 2.56. The van der Waals surface area contributed by atoms with Gasteiger partial charge in [-0.05, 0) is 18.1 Å². The van der Waals surface area contributed by atoms with Gasteiger partial charge < -0.3 is 0 Å². The fraction of sp³-hybridized carbons (Fsp3) is 0.182. The molecule has 1 N–H and O–H groups in total. The number of aromatic nitrogens is 2. The van der Waals surface area contributed by atoms with Crippen LogP contribution in [0.5, 0.6) is 0 Å². The van der Waals surface area contributed by atoms with Gasteiger partial charge in [0.15, 0.2) is 0 Å². The summed E-state index contributed by atoms with van der Waals surface area (Å²) in [6.07, 6.45) is 0.691. The molecular formula is C11H10Cl2N2O. The standard InChI is InChI=1S/C11H10Cl2N2O/c12-9-4-2-1-3-8(9)5-6-15-11(16)7-10(13)14-15/h1-4,7,14H,5-6H2. The van der Waals surface area contributed by atoms with Gasteiger partial charge in [0.2, 0.25) is 0 Å². The van der Waals surface area contributed by atoms with Crippen molar-refractivity contribution in [3.63, 3.8) is 0 Å². The number of halogens is 2. The van der Waals surface area contributed by atoms with Crippen molar-refractivity contribution < 1.29 is 0 Å². The largest absolute Gasteiger partial charge is 0.285 e. The van der Waals surface area contributed by atoms with Gasteiger partial charge in [-0.1, -0.05) is 41.4 Å². The maximum atomic E-state index is 11.4. The van der Waals surface area contributed by atoms with Gasteiger partial charge in [0.1, 0.15) is 5.15 Å². The van der Waals surface area contributed by atoms with Crippen LogP contribution < -0.4 is 5.56 Å². The quantitative estimate of drug-likeness (QED) is 0.901. The van der Waals surface area contributed by atoms with E-state index < -0.39 is 0 Å². The molecule has 0 aliphatic rings. The Morgan fingerprint density at radius 1 is 1.25 bits per heavy atom. The predicted octanol–water partition coefficient (Wildman–Crippen LogP) is 2.73. The second-order valence-electron chi connectivity index (χ2n) is 3.44. The second-order valence-corrected chi connectivity index (χ2v) is 4.25. The summed E-state index contributed by atoms with van der Waals surface area (Å²) in [7, 11) is 0. The van der Waals surface area contributed by atoms with Crippen molar-refractivity contribution in [1.29, 1.82) is 0 Å². The lowest BCUT2D eigenvalue weighted by molar-refractivity contribution is 0.597. The fourth-order valence-corrected chi connectivity index (χ4v) is 1.93. The Bertz CT molecular complexity index is 545. The molecule has 2 aromatic rings. The molecule has 0 saturated heterocycles. The molecule has 0 saturated carbocycles. The van der Waals surface area contributed by atoms with Gasteiger partial charge in [-0.3, -0.25) is 14.6 Å². The van der Waals surface area contributed by atoms with E-state index in [2.05, 4.69) is 5.10 Å². The van der Waals surface area contributed by atoms with Gasteiger partial charge in [0.25, 0.3) is 5.56 Å². The Morgan fingerprint density at radius 3 is 2.62 bits per heavy atom. The highest BCUT2D eigenvalue weighted by molar-refractivity contribution is 6.31. The van der Waals surface area contributed by atoms with Crippen LogP contribution in [0.4, 0.5) is 0 Å². The molecule has 1 heterocycles. The summed E-state index contributed by atoms with van der Waals surface area (Å²) in [4.78, 5) is 11.4. The first kappa shape index (κ1) is 11.3. The number of rotatable bonds is 3. The molecule has 3 nitrogen and oxygen atoms in total. The van der Waals surface area contributed by atoms with Crippen LogP contribution in [-0.4, -0.2) is 9.78 Å². The van der Waals surface area contributed by atoms with E-state index in [9.17, 15) is 4.79 Å². The van der Waals surface area contributed by atoms with E-state index >= 15 is 0 Å². The van der Waals surface area contributed by atoms with Crippen molar-refractivity contribution in [2.75, 3.05) is 0 Å². The lowest BCUT2D eigenvalue weighted by Crippen LogP contribution is -2.17. The maximum absolute atomic E-state index is 11.4. The molecule has 2 rings (SSSR count). The van der Waals surface area contributed by atoms with Crippen LogP contribution in [0.3, 0.4) is 0 Å². The Balaban J connectivity index is 2.11. The first-order valence-corrected chi connectivity index (χ1v) is 5.61. The highest BCUT2D eigenvalue weighted by Gasteiger charge is 2.03. The number of aromatic amines is 1. The summed E-state index contributed by atoms with van der Waals surface area (Å²) in [5.41, 5.74) is 0.888. The number of aryl methyl sites for hydroxylation is 2. The second kappa shape index (κ2) is 4.76. The molecule has 0 atom stereocenters. The van der Waals surface area contributed by atoms with Crippen molar-refractivity contribution in [1.82, 2.24) is 9.78 Å². The van der Waals surface area contributed by atoms with E-state index in [-0.39, 0.29) is 5.56 Å². The zero-order valence-electron chi connectivity index (χ0n) is 8.41. The Hall–Kier alpha value is -1.19. The first-order valence-electron chi connectivity index (χ1n) is 4.85. The number of nitrogens with zero attached hydrogens (tertiary/aromatic N) is 1. The van der Waals surface area contributed by atoms with E-state index in [4.69, 9.17) is 23.2 Å². The molecule has 0 unspecified atom stereocenters. The maximum Gasteiger partial charge on any atom is 0.268 e. The van der Waals surface area contributed by atoms with Crippen LogP contribution in [0.25, 0.3) is 0 Å². The van der Waals surface area contributed by atoms with Crippen molar-refractivity contribution in [2.24, 2.45) is 0 Å². The minimum absolute atomic E-state index is 0.128. The average molecular weight is 257 g/mol. The van der Waals surface area contributed by atoms with Gasteiger partial charge >= 0.3 is 0 Å². The predicted molar refractivity (Wildman–Crippen MR) is 65.2 cm³/mol. The van der Waals surface area contributed by atoms with Crippen LogP contribution in [0.1, 0.15) is 5.56 Å². The smallest absolute Gasteiger partial charge is 0.268 e. The number of hydrogen-bond donors (Lipinski definition) is 1. The third kappa shape index (κ3) is 2.49. The number of H-pyrrole nitrogens is 1. The third-order valence-corrected chi connectivity index (χ3v) is 2.88. The molecule has 0 spiro atoms. The molecule has 0 amide bonds. The summed E-state index contributed by atoms with van der Waals surface area (Å²) in [6, 6.07) is 8.93. The summed E-state index contributed by atoms with van der Waals surface area (Å²) in [5.74, 6) is 0. The lowest BCUT2D eigenvalue weighted by atomic mass is 10.1. The topological polar surface area (TPSA) is 37.8 Å². The molecule has 0 fully saturated rings. The summed E-state index contributed by atoms with van der Waals surface area (Å²) >= 11 is 11.7. The Kier molecular flexibility index (Phi) is 3.36. The van der Waals surface area contributed by atoms with Gasteiger partial charge in [-0.2, -0.15) is 0 Å². The summed E-state index contributed by atoms with van der Waals surface area (Å²) < 4.78 is 1.46. The van der Waals surface area contributed by atoms with Gasteiger partial charge in [-0.15, -0.1) is 0 Å². The molecule has 16 heavy (non-hydrogen) atoms. The normalized spacial score (nSPS) is 10.6. The SMILES string of the molecule is O=c1cc(Cl)[nH]n1CCc1ccccc1Cl. The molecular weight excluding hydrogens is 247 g/mol. The van der Waals surface area contributed by atoms with Crippen LogP contribution in [0.15, 0.2) is 35.1 Å². The van der Waals surface area contributed by atoms with E-state index in [1.807, 2.05) is 24.3 Å². The van der Waals surface area contributed by atoms with Crippen molar-refractivity contribution in [3.05, 3.63) is 56.4 Å². The summed E-state index contributed by atoms with van der Waals surface area (Å²) in [6.45, 7) is 0.537. The van der Waals surface area contributed by atoms with Crippen molar-refractivity contribution in [3.8, 4) is 0 Å². The Morgan fingerprint density at radius 2 is 2.00 bits per heavy atom. The lowest BCUT2D eigenvalue weighted by Gasteiger charge is -2.04. The Labute approximate surface area is 103 Å². The third-order valence-electron chi connectivity index (χ3n) is 2.32. The minimum atomic E-state index is -0.128. The number of nitrogens with one attached hydrogen (secondary N) is 1. The highest BCUT2D eigenvalue weighted by atomic mass is 35.5. The highest BCUT2D eigenvalue weighted by Crippen LogP contribution is 2.15. The van der Waals surface area contributed by atoms with E-state index in [1.165, 1.54) is 10.7 Å². The molecule has 0 aliphatic carbocycles. The van der Waals surface area contributed by atoms with Gasteiger partial charge in [-0.25, -0.2) is 0 Å². The van der Waals surface area contributed by atoms with Crippen LogP contribution in [0, 0.1) is 0 Å². The van der Waals surface area contributed by atoms with Crippen LogP contribution in [-0.2, 0) is 13.0 Å². The van der Waals surface area contributed by atoms with E-state index in [0.29, 0.717) is 23.1 Å². The molecule has 0 bridgehead atoms. The van der Waals surface area contributed by atoms with Gasteiger partial charge in [0.05, 0.1) is 0 Å². The minimum Gasteiger partial charge on any atom is -0.285 e. The molecule has 1 aromatic heterocycles. The van der Waals surface area contributed by atoms with E-state index in [0.717, 1.165) is 5.56 Å². The van der Waals surface area contributed by atoms with Crippen molar-refractivity contribution >= 4 is 23.2 Å². The molecule has 0 radical (unpaired) electrons. The molecule has 0 aliphatic heterocycles. The van der Waals surface area contributed by atoms with Gasteiger partial charge in [0, 0.05) is 17.6 Å². The fourth-order valence-electron chi connectivity index (χ4n) is 1.50. The molecule has 84 valence electrons. The summed E-state index contributed by atoms with van der Waals surface area (Å²) in [5, 5.41) is 3.83. The molecule has 5 heteroatoms. The monoisotopic (exact) mass is 256 g/mol. The zero-order valence-corrected chi connectivity index (χ0v) is 9.92. The first-order chi connectivity index (χ1) is 7.66. The molecule has 1 aromatic carbocycles. The number of benzene rings is 1. The van der Waals surface area contributed by atoms with Crippen LogP contribution in [0.2, 0.25) is 10.2 Å². The number of hydrogen-bond acceptors (Lipinski definition) is 1. The van der Waals surface area contributed by atoms with Crippen molar-refractivity contribution in [2.45, 2.75) is 13.0 Å². The van der Waals surface area contributed by atoms with E-state index in [1.54, 1.807) is 0 Å². The van der Waals surface area contributed by atoms with Crippen LogP contribution >= 0.6 is 23.2 Å².